The lowest BCUT2D eigenvalue weighted by Crippen LogP contribution is -2.29. The number of esters is 1. The number of carbonyl (C=O) groups excluding carboxylic acids is 1. The SMILES string of the molecule is COC(=O)C1=C(OS(=O)(=O)C(F)(F)F)c2cc(OC(C)C)ccc2OC1c1ccc2c(c1)OCO2. The number of alkyl halides is 3. The Morgan fingerprint density at radius 1 is 1.06 bits per heavy atom. The van der Waals surface area contributed by atoms with Gasteiger partial charge in [0.25, 0.3) is 0 Å². The Labute approximate surface area is 198 Å². The molecule has 0 radical (unpaired) electrons. The monoisotopic (exact) mass is 516 g/mol. The minimum absolute atomic E-state index is 0.0519. The number of hydrogen-bond acceptors (Lipinski definition) is 9. The van der Waals surface area contributed by atoms with Crippen LogP contribution < -0.4 is 18.9 Å². The van der Waals surface area contributed by atoms with E-state index in [2.05, 4.69) is 4.18 Å². The molecule has 0 aliphatic carbocycles. The van der Waals surface area contributed by atoms with Crippen molar-refractivity contribution in [3.63, 3.8) is 0 Å². The van der Waals surface area contributed by atoms with Gasteiger partial charge in [0.1, 0.15) is 17.1 Å². The van der Waals surface area contributed by atoms with Gasteiger partial charge >= 0.3 is 21.6 Å². The van der Waals surface area contributed by atoms with Crippen LogP contribution in [0.15, 0.2) is 42.0 Å². The van der Waals surface area contributed by atoms with Crippen LogP contribution in [0.1, 0.15) is 31.1 Å². The van der Waals surface area contributed by atoms with Gasteiger partial charge in [-0.1, -0.05) is 6.07 Å². The van der Waals surface area contributed by atoms with Gasteiger partial charge in [0, 0.05) is 5.56 Å². The number of methoxy groups -OCH3 is 1. The second-order valence-electron chi connectivity index (χ2n) is 7.65. The molecule has 2 aromatic carbocycles. The number of carbonyl (C=O) groups is 1. The highest BCUT2D eigenvalue weighted by atomic mass is 32.2. The average molecular weight is 516 g/mol. The molecule has 0 spiro atoms. The van der Waals surface area contributed by atoms with E-state index < -0.39 is 39.0 Å². The Morgan fingerprint density at radius 2 is 1.74 bits per heavy atom. The molecule has 188 valence electrons. The lowest BCUT2D eigenvalue weighted by atomic mass is 9.94. The smallest absolute Gasteiger partial charge is 0.491 e. The highest BCUT2D eigenvalue weighted by Crippen LogP contribution is 2.47. The topological polar surface area (TPSA) is 107 Å². The first-order valence-corrected chi connectivity index (χ1v) is 11.5. The van der Waals surface area contributed by atoms with Gasteiger partial charge in [-0.2, -0.15) is 21.6 Å². The standard InChI is InChI=1S/C22H19F3O9S/c1-11(2)32-13-5-7-15-14(9-13)20(34-35(27,28)22(23,24)25)18(21(26)29-3)19(33-15)12-4-6-16-17(8-12)31-10-30-16/h4-9,11,19H,10H2,1-3H3. The van der Waals surface area contributed by atoms with E-state index in [1.165, 1.54) is 36.4 Å². The van der Waals surface area contributed by atoms with Crippen LogP contribution in [0.2, 0.25) is 0 Å². The fraction of sp³-hybridized carbons (Fsp3) is 0.318. The van der Waals surface area contributed by atoms with Gasteiger partial charge in [-0.15, -0.1) is 0 Å². The van der Waals surface area contributed by atoms with Crippen molar-refractivity contribution < 1.29 is 54.3 Å². The summed E-state index contributed by atoms with van der Waals surface area (Å²) in [6.45, 7) is 3.38. The third-order valence-corrected chi connectivity index (χ3v) is 5.85. The minimum atomic E-state index is -6.17. The molecule has 35 heavy (non-hydrogen) atoms. The first-order valence-electron chi connectivity index (χ1n) is 10.1. The molecule has 0 saturated heterocycles. The van der Waals surface area contributed by atoms with Crippen LogP contribution in [-0.2, 0) is 23.8 Å². The van der Waals surface area contributed by atoms with Crippen LogP contribution in [0.25, 0.3) is 5.76 Å². The molecular weight excluding hydrogens is 497 g/mol. The molecule has 0 bridgehead atoms. The van der Waals surface area contributed by atoms with Gasteiger partial charge < -0.3 is 27.9 Å². The minimum Gasteiger partial charge on any atom is -0.491 e. The van der Waals surface area contributed by atoms with E-state index in [4.69, 9.17) is 23.7 Å². The summed E-state index contributed by atoms with van der Waals surface area (Å²) in [7, 11) is -5.19. The highest BCUT2D eigenvalue weighted by Gasteiger charge is 2.51. The summed E-state index contributed by atoms with van der Waals surface area (Å²) < 4.78 is 95.2. The maximum absolute atomic E-state index is 13.3. The molecule has 2 aromatic rings. The van der Waals surface area contributed by atoms with E-state index in [-0.39, 0.29) is 35.5 Å². The number of benzene rings is 2. The molecule has 0 saturated carbocycles. The number of fused-ring (bicyclic) bond motifs is 2. The van der Waals surface area contributed by atoms with Crippen LogP contribution in [0, 0.1) is 0 Å². The van der Waals surface area contributed by atoms with E-state index in [1.807, 2.05) is 0 Å². The molecule has 4 rings (SSSR count). The second-order valence-corrected chi connectivity index (χ2v) is 9.19. The van der Waals surface area contributed by atoms with Gasteiger partial charge in [0.15, 0.2) is 23.4 Å². The second kappa shape index (κ2) is 8.87. The van der Waals surface area contributed by atoms with Crippen molar-refractivity contribution in [2.45, 2.75) is 31.6 Å². The van der Waals surface area contributed by atoms with Crippen molar-refractivity contribution >= 4 is 21.8 Å². The van der Waals surface area contributed by atoms with Crippen molar-refractivity contribution in [2.75, 3.05) is 13.9 Å². The third-order valence-electron chi connectivity index (χ3n) is 4.90. The number of halogens is 3. The van der Waals surface area contributed by atoms with Gasteiger partial charge in [-0.25, -0.2) is 4.79 Å². The largest absolute Gasteiger partial charge is 0.534 e. The number of ether oxygens (including phenoxy) is 5. The molecule has 9 nitrogen and oxygen atoms in total. The zero-order valence-corrected chi connectivity index (χ0v) is 19.4. The molecule has 2 aliphatic rings. The average Bonchev–Trinajstić information content (AvgIpc) is 3.25. The van der Waals surface area contributed by atoms with Crippen molar-refractivity contribution in [3.8, 4) is 23.0 Å². The summed E-state index contributed by atoms with van der Waals surface area (Å²) in [4.78, 5) is 12.8. The van der Waals surface area contributed by atoms with Gasteiger partial charge in [-0.05, 0) is 44.2 Å². The lowest BCUT2D eigenvalue weighted by Gasteiger charge is -2.30. The van der Waals surface area contributed by atoms with Crippen molar-refractivity contribution in [3.05, 3.63) is 53.1 Å². The summed E-state index contributed by atoms with van der Waals surface area (Å²) in [6.07, 6.45) is -1.72. The summed E-state index contributed by atoms with van der Waals surface area (Å²) >= 11 is 0. The number of hydrogen-bond donors (Lipinski definition) is 0. The van der Waals surface area contributed by atoms with E-state index >= 15 is 0 Å². The maximum atomic E-state index is 13.3. The van der Waals surface area contributed by atoms with Crippen LogP contribution in [-0.4, -0.2) is 39.9 Å². The highest BCUT2D eigenvalue weighted by molar-refractivity contribution is 7.87. The van der Waals surface area contributed by atoms with Gasteiger partial charge in [-0.3, -0.25) is 0 Å². The zero-order valence-electron chi connectivity index (χ0n) is 18.5. The van der Waals surface area contributed by atoms with Crippen molar-refractivity contribution in [2.24, 2.45) is 0 Å². The molecular formula is C22H19F3O9S. The third kappa shape index (κ3) is 4.67. The van der Waals surface area contributed by atoms with E-state index in [9.17, 15) is 26.4 Å². The molecule has 0 fully saturated rings. The van der Waals surface area contributed by atoms with Crippen LogP contribution in [0.5, 0.6) is 23.0 Å². The Kier molecular flexibility index (Phi) is 6.21. The molecule has 1 atom stereocenters. The molecule has 0 N–H and O–H groups in total. The molecule has 0 amide bonds. The summed E-state index contributed by atoms with van der Waals surface area (Å²) in [6, 6.07) is 8.51. The van der Waals surface area contributed by atoms with E-state index in [1.54, 1.807) is 13.8 Å². The predicted octanol–water partition coefficient (Wildman–Crippen LogP) is 4.09. The van der Waals surface area contributed by atoms with Crippen LogP contribution in [0.4, 0.5) is 13.2 Å². The van der Waals surface area contributed by atoms with Crippen molar-refractivity contribution in [1.29, 1.82) is 0 Å². The lowest BCUT2D eigenvalue weighted by molar-refractivity contribution is -0.137. The fourth-order valence-corrected chi connectivity index (χ4v) is 3.95. The maximum Gasteiger partial charge on any atom is 0.534 e. The molecule has 2 aliphatic heterocycles. The van der Waals surface area contributed by atoms with Crippen LogP contribution >= 0.6 is 0 Å². The van der Waals surface area contributed by atoms with E-state index in [0.29, 0.717) is 11.5 Å². The Balaban J connectivity index is 1.94. The van der Waals surface area contributed by atoms with Gasteiger partial charge in [0.05, 0.1) is 18.8 Å². The predicted molar refractivity (Wildman–Crippen MR) is 113 cm³/mol. The van der Waals surface area contributed by atoms with Crippen molar-refractivity contribution in [1.82, 2.24) is 0 Å². The summed E-state index contributed by atoms with van der Waals surface area (Å²) in [5, 5.41) is 0. The normalized spacial score (nSPS) is 17.1. The first kappa shape index (κ1) is 24.5. The Bertz CT molecular complexity index is 1300. The van der Waals surface area contributed by atoms with Crippen LogP contribution in [0.3, 0.4) is 0 Å². The molecule has 2 heterocycles. The zero-order chi connectivity index (χ0) is 25.5. The Hall–Kier alpha value is -3.61. The molecule has 1 unspecified atom stereocenters. The molecule has 0 aromatic heterocycles. The Morgan fingerprint density at radius 3 is 2.40 bits per heavy atom. The number of rotatable bonds is 6. The summed E-state index contributed by atoms with van der Waals surface area (Å²) in [5.74, 6) is -1.23. The first-order chi connectivity index (χ1) is 16.4. The quantitative estimate of drug-likeness (QED) is 0.319. The fourth-order valence-electron chi connectivity index (χ4n) is 3.45. The molecule has 13 heteroatoms. The van der Waals surface area contributed by atoms with Gasteiger partial charge in [0.2, 0.25) is 6.79 Å². The van der Waals surface area contributed by atoms with E-state index in [0.717, 1.165) is 7.11 Å². The summed E-state index contributed by atoms with van der Waals surface area (Å²) in [5.41, 5.74) is -6.37.